The molecule has 4 nitrogen and oxygen atoms in total. The fourth-order valence-electron chi connectivity index (χ4n) is 1.55. The molecule has 0 saturated heterocycles. The van der Waals surface area contributed by atoms with Crippen LogP contribution in [0.5, 0.6) is 0 Å². The molecule has 0 fully saturated rings. The molecule has 0 amide bonds. The molecule has 0 radical (unpaired) electrons. The van der Waals surface area contributed by atoms with Gasteiger partial charge in [0, 0.05) is 0 Å². The highest BCUT2D eigenvalue weighted by atomic mass is 35.5. The first kappa shape index (κ1) is 14.5. The molecular weight excluding hydrogens is 316 g/mol. The minimum absolute atomic E-state index is 0.131. The van der Waals surface area contributed by atoms with Gasteiger partial charge >= 0.3 is 6.18 Å². The SMILES string of the molecule is N#Cc1c(C(F)(F)F)nn(-c2ccc(Cl)c(Cl)c2)c1N. The van der Waals surface area contributed by atoms with E-state index in [1.165, 1.54) is 24.3 Å². The zero-order chi connectivity index (χ0) is 15.1. The van der Waals surface area contributed by atoms with Crippen molar-refractivity contribution in [2.75, 3.05) is 5.73 Å². The maximum Gasteiger partial charge on any atom is 0.436 e. The fourth-order valence-corrected chi connectivity index (χ4v) is 1.85. The van der Waals surface area contributed by atoms with E-state index in [-0.39, 0.29) is 15.7 Å². The van der Waals surface area contributed by atoms with Gasteiger partial charge in [-0.25, -0.2) is 4.68 Å². The number of hydrogen-bond donors (Lipinski definition) is 1. The van der Waals surface area contributed by atoms with Gasteiger partial charge in [-0.15, -0.1) is 0 Å². The molecule has 0 unspecified atom stereocenters. The molecule has 2 aromatic rings. The van der Waals surface area contributed by atoms with Crippen molar-refractivity contribution in [1.29, 1.82) is 5.26 Å². The second-order valence-electron chi connectivity index (χ2n) is 3.73. The quantitative estimate of drug-likeness (QED) is 0.872. The fraction of sp³-hybridized carbons (Fsp3) is 0.0909. The number of nitrogens with two attached hydrogens (primary N) is 1. The largest absolute Gasteiger partial charge is 0.436 e. The van der Waals surface area contributed by atoms with Gasteiger partial charge in [0.25, 0.3) is 0 Å². The maximum atomic E-state index is 12.8. The van der Waals surface area contributed by atoms with Gasteiger partial charge in [0.05, 0.1) is 15.7 Å². The average molecular weight is 321 g/mol. The van der Waals surface area contributed by atoms with Crippen LogP contribution in [0, 0.1) is 11.3 Å². The Morgan fingerprint density at radius 2 is 1.90 bits per heavy atom. The number of hydrogen-bond acceptors (Lipinski definition) is 3. The van der Waals surface area contributed by atoms with Crippen molar-refractivity contribution in [3.05, 3.63) is 39.5 Å². The number of halogens is 5. The number of nitrogen functional groups attached to an aromatic ring is 1. The number of benzene rings is 1. The number of nitrogens with zero attached hydrogens (tertiary/aromatic N) is 3. The van der Waals surface area contributed by atoms with Crippen molar-refractivity contribution in [2.24, 2.45) is 0 Å². The molecule has 0 aliphatic carbocycles. The molecule has 1 aromatic heterocycles. The van der Waals surface area contributed by atoms with Gasteiger partial charge in [-0.3, -0.25) is 0 Å². The summed E-state index contributed by atoms with van der Waals surface area (Å²) in [6, 6.07) is 5.48. The van der Waals surface area contributed by atoms with E-state index >= 15 is 0 Å². The molecule has 0 aliphatic rings. The lowest BCUT2D eigenvalue weighted by Crippen LogP contribution is -2.08. The Balaban J connectivity index is 2.67. The molecule has 0 aliphatic heterocycles. The van der Waals surface area contributed by atoms with Crippen LogP contribution in [0.1, 0.15) is 11.3 Å². The van der Waals surface area contributed by atoms with E-state index in [4.69, 9.17) is 34.2 Å². The van der Waals surface area contributed by atoms with Gasteiger partial charge < -0.3 is 5.73 Å². The third-order valence-electron chi connectivity index (χ3n) is 2.45. The highest BCUT2D eigenvalue weighted by Crippen LogP contribution is 2.35. The predicted molar refractivity (Wildman–Crippen MR) is 67.7 cm³/mol. The first-order valence-corrected chi connectivity index (χ1v) is 5.82. The molecule has 20 heavy (non-hydrogen) atoms. The standard InChI is InChI=1S/C11H5Cl2F3N4/c12-7-2-1-5(3-8(7)13)20-10(18)6(4-17)9(19-20)11(14,15)16/h1-3H,18H2. The summed E-state index contributed by atoms with van der Waals surface area (Å²) in [7, 11) is 0. The van der Waals surface area contributed by atoms with E-state index in [1.807, 2.05) is 0 Å². The first-order valence-electron chi connectivity index (χ1n) is 5.07. The van der Waals surface area contributed by atoms with Crippen LogP contribution in [0.25, 0.3) is 5.69 Å². The normalized spacial score (nSPS) is 11.4. The summed E-state index contributed by atoms with van der Waals surface area (Å²) in [5.74, 6) is -0.418. The van der Waals surface area contributed by atoms with Crippen molar-refractivity contribution in [3.63, 3.8) is 0 Å². The molecule has 0 spiro atoms. The van der Waals surface area contributed by atoms with Crippen molar-refractivity contribution < 1.29 is 13.2 Å². The summed E-state index contributed by atoms with van der Waals surface area (Å²) >= 11 is 11.5. The summed E-state index contributed by atoms with van der Waals surface area (Å²) < 4.78 is 39.1. The van der Waals surface area contributed by atoms with E-state index in [0.717, 1.165) is 4.68 Å². The average Bonchev–Trinajstić information content (AvgIpc) is 2.69. The molecule has 1 aromatic carbocycles. The Labute approximate surface area is 121 Å². The van der Waals surface area contributed by atoms with Crippen molar-refractivity contribution in [1.82, 2.24) is 9.78 Å². The van der Waals surface area contributed by atoms with Crippen LogP contribution in [0.4, 0.5) is 19.0 Å². The number of aromatic nitrogens is 2. The van der Waals surface area contributed by atoms with Crippen LogP contribution in [0.2, 0.25) is 10.0 Å². The first-order chi connectivity index (χ1) is 9.25. The minimum atomic E-state index is -4.78. The lowest BCUT2D eigenvalue weighted by atomic mass is 10.2. The lowest BCUT2D eigenvalue weighted by molar-refractivity contribution is -0.141. The van der Waals surface area contributed by atoms with Crippen molar-refractivity contribution in [2.45, 2.75) is 6.18 Å². The summed E-state index contributed by atoms with van der Waals surface area (Å²) in [4.78, 5) is 0. The Morgan fingerprint density at radius 1 is 1.25 bits per heavy atom. The molecule has 2 rings (SSSR count). The van der Waals surface area contributed by atoms with E-state index in [9.17, 15) is 13.2 Å². The Morgan fingerprint density at radius 3 is 2.35 bits per heavy atom. The van der Waals surface area contributed by atoms with Gasteiger partial charge in [0.2, 0.25) is 0 Å². The van der Waals surface area contributed by atoms with Crippen LogP contribution in [0.3, 0.4) is 0 Å². The number of nitriles is 1. The maximum absolute atomic E-state index is 12.8. The predicted octanol–water partition coefficient (Wildman–Crippen LogP) is 3.65. The summed E-state index contributed by atoms with van der Waals surface area (Å²) in [5, 5.41) is 12.5. The van der Waals surface area contributed by atoms with E-state index in [0.29, 0.717) is 0 Å². The van der Waals surface area contributed by atoms with Gasteiger partial charge in [0.15, 0.2) is 5.69 Å². The van der Waals surface area contributed by atoms with Crippen LogP contribution >= 0.6 is 23.2 Å². The van der Waals surface area contributed by atoms with Gasteiger partial charge in [-0.05, 0) is 18.2 Å². The molecule has 9 heteroatoms. The van der Waals surface area contributed by atoms with Crippen molar-refractivity contribution in [3.8, 4) is 11.8 Å². The van der Waals surface area contributed by atoms with E-state index in [1.54, 1.807) is 0 Å². The highest BCUT2D eigenvalue weighted by molar-refractivity contribution is 6.42. The Hall–Kier alpha value is -1.91. The smallest absolute Gasteiger partial charge is 0.382 e. The summed E-state index contributed by atoms with van der Waals surface area (Å²) in [6.07, 6.45) is -4.78. The monoisotopic (exact) mass is 320 g/mol. The van der Waals surface area contributed by atoms with E-state index < -0.39 is 23.3 Å². The summed E-state index contributed by atoms with van der Waals surface area (Å²) in [5.41, 5.74) is 3.63. The molecule has 104 valence electrons. The van der Waals surface area contributed by atoms with Crippen LogP contribution in [0.15, 0.2) is 18.2 Å². The second kappa shape index (κ2) is 4.89. The Kier molecular flexibility index (Phi) is 3.54. The molecule has 0 atom stereocenters. The molecule has 2 N–H and O–H groups in total. The van der Waals surface area contributed by atoms with Crippen molar-refractivity contribution >= 4 is 29.0 Å². The number of anilines is 1. The van der Waals surface area contributed by atoms with Gasteiger partial charge in [-0.2, -0.15) is 23.5 Å². The third kappa shape index (κ3) is 2.40. The highest BCUT2D eigenvalue weighted by Gasteiger charge is 2.39. The molecule has 0 saturated carbocycles. The second-order valence-corrected chi connectivity index (χ2v) is 4.54. The Bertz CT molecular complexity index is 716. The third-order valence-corrected chi connectivity index (χ3v) is 3.19. The molecular formula is C11H5Cl2F3N4. The minimum Gasteiger partial charge on any atom is -0.382 e. The topological polar surface area (TPSA) is 67.6 Å². The van der Waals surface area contributed by atoms with Gasteiger partial charge in [-0.1, -0.05) is 23.2 Å². The lowest BCUT2D eigenvalue weighted by Gasteiger charge is -2.05. The van der Waals surface area contributed by atoms with Crippen LogP contribution < -0.4 is 5.73 Å². The molecule has 0 bridgehead atoms. The zero-order valence-electron chi connectivity index (χ0n) is 9.54. The number of alkyl halides is 3. The van der Waals surface area contributed by atoms with Crippen LogP contribution in [-0.4, -0.2) is 9.78 Å². The van der Waals surface area contributed by atoms with Gasteiger partial charge in [0.1, 0.15) is 17.5 Å². The summed E-state index contributed by atoms with van der Waals surface area (Å²) in [6.45, 7) is 0. The number of rotatable bonds is 1. The van der Waals surface area contributed by atoms with Crippen LogP contribution in [-0.2, 0) is 6.18 Å². The van der Waals surface area contributed by atoms with E-state index in [2.05, 4.69) is 5.10 Å². The molecule has 1 heterocycles. The zero-order valence-corrected chi connectivity index (χ0v) is 11.1.